The molecule has 0 radical (unpaired) electrons. The average molecular weight is 455 g/mol. The van der Waals surface area contributed by atoms with Gasteiger partial charge in [0, 0.05) is 22.3 Å². The lowest BCUT2D eigenvalue weighted by atomic mass is 10.1. The topological polar surface area (TPSA) is 98.5 Å². The van der Waals surface area contributed by atoms with Crippen LogP contribution in [0.25, 0.3) is 16.9 Å². The summed E-state index contributed by atoms with van der Waals surface area (Å²) in [5, 5.41) is 17.0. The smallest absolute Gasteiger partial charge is 0.356 e. The van der Waals surface area contributed by atoms with Crippen molar-refractivity contribution in [3.63, 3.8) is 0 Å². The zero-order chi connectivity index (χ0) is 21.4. The number of aromatic carboxylic acids is 1. The Morgan fingerprint density at radius 3 is 2.71 bits per heavy atom. The summed E-state index contributed by atoms with van der Waals surface area (Å²) in [6.07, 6.45) is 1.74. The summed E-state index contributed by atoms with van der Waals surface area (Å²) in [7, 11) is 0. The second-order valence-corrected chi connectivity index (χ2v) is 8.38. The molecule has 0 fully saturated rings. The Hall–Kier alpha value is -3.56. The monoisotopic (exact) mass is 454 g/mol. The van der Waals surface area contributed by atoms with Crippen LogP contribution >= 0.6 is 22.9 Å². The number of nitrogens with zero attached hydrogens (tertiary/aromatic N) is 3. The Balaban J connectivity index is 1.44. The first-order chi connectivity index (χ1) is 15.1. The molecule has 0 atom stereocenters. The molecule has 1 aliphatic rings. The number of carboxylic acid groups (broad SMARTS) is 1. The van der Waals surface area contributed by atoms with Gasteiger partial charge < -0.3 is 19.9 Å². The van der Waals surface area contributed by atoms with Crippen LogP contribution < -0.4 is 14.8 Å². The zero-order valence-electron chi connectivity index (χ0n) is 15.9. The second kappa shape index (κ2) is 7.93. The third-order valence-corrected chi connectivity index (χ3v) is 5.82. The average Bonchev–Trinajstić information content (AvgIpc) is 3.51. The van der Waals surface area contributed by atoms with Gasteiger partial charge in [-0.1, -0.05) is 11.6 Å². The molecule has 0 bridgehead atoms. The minimum Gasteiger partial charge on any atom is -0.476 e. The molecule has 0 unspecified atom stereocenters. The van der Waals surface area contributed by atoms with Crippen molar-refractivity contribution in [2.24, 2.45) is 0 Å². The van der Waals surface area contributed by atoms with E-state index >= 15 is 0 Å². The number of rotatable bonds is 6. The van der Waals surface area contributed by atoms with Crippen molar-refractivity contribution < 1.29 is 19.4 Å². The first-order valence-electron chi connectivity index (χ1n) is 9.25. The third kappa shape index (κ3) is 3.92. The molecule has 10 heteroatoms. The summed E-state index contributed by atoms with van der Waals surface area (Å²) in [6, 6.07) is 14.6. The molecule has 0 spiro atoms. The van der Waals surface area contributed by atoms with Crippen molar-refractivity contribution in [1.82, 2.24) is 14.8 Å². The number of hydrogen-bond acceptors (Lipinski definition) is 7. The molecule has 0 amide bonds. The van der Waals surface area contributed by atoms with Gasteiger partial charge in [0.15, 0.2) is 21.7 Å². The van der Waals surface area contributed by atoms with Crippen LogP contribution in [-0.2, 0) is 6.54 Å². The summed E-state index contributed by atoms with van der Waals surface area (Å²) < 4.78 is 12.9. The van der Waals surface area contributed by atoms with Crippen molar-refractivity contribution in [2.75, 3.05) is 12.1 Å². The number of halogens is 1. The van der Waals surface area contributed by atoms with Gasteiger partial charge in [-0.15, -0.1) is 11.3 Å². The van der Waals surface area contributed by atoms with E-state index in [4.69, 9.17) is 21.1 Å². The first kappa shape index (κ1) is 19.4. The van der Waals surface area contributed by atoms with E-state index in [2.05, 4.69) is 15.4 Å². The lowest BCUT2D eigenvalue weighted by Gasteiger charge is -2.10. The van der Waals surface area contributed by atoms with Gasteiger partial charge in [-0.3, -0.25) is 0 Å². The highest BCUT2D eigenvalue weighted by molar-refractivity contribution is 7.15. The number of anilines is 1. The molecule has 0 saturated carbocycles. The van der Waals surface area contributed by atoms with Gasteiger partial charge in [-0.25, -0.2) is 14.5 Å². The largest absolute Gasteiger partial charge is 0.476 e. The van der Waals surface area contributed by atoms with Crippen molar-refractivity contribution in [3.8, 4) is 28.4 Å². The predicted octanol–water partition coefficient (Wildman–Crippen LogP) is 4.69. The fourth-order valence-corrected chi connectivity index (χ4v) is 4.14. The maximum Gasteiger partial charge on any atom is 0.356 e. The maximum absolute atomic E-state index is 11.5. The molecule has 0 aliphatic carbocycles. The molecule has 3 heterocycles. The Morgan fingerprint density at radius 2 is 1.97 bits per heavy atom. The second-order valence-electron chi connectivity index (χ2n) is 6.68. The molecule has 1 aliphatic heterocycles. The molecule has 2 N–H and O–H groups in total. The van der Waals surface area contributed by atoms with Crippen LogP contribution in [0.4, 0.5) is 5.69 Å². The Morgan fingerprint density at radius 1 is 1.16 bits per heavy atom. The van der Waals surface area contributed by atoms with Gasteiger partial charge in [0.25, 0.3) is 0 Å². The molecular weight excluding hydrogens is 440 g/mol. The van der Waals surface area contributed by atoms with Gasteiger partial charge in [0.05, 0.1) is 17.9 Å². The fourth-order valence-electron chi connectivity index (χ4n) is 3.22. The van der Waals surface area contributed by atoms with Crippen LogP contribution in [0.5, 0.6) is 11.5 Å². The SMILES string of the molecule is O=C(O)c1cc(-c2ccc3c(c2)OCO3)n(-c2ccc(NCc3cnc(Cl)s3)cc2)n1. The standard InChI is InChI=1S/C21H15ClN4O4S/c22-21-24-10-15(31-21)9-23-13-2-4-14(5-3-13)26-17(8-16(25-26)20(27)28)12-1-6-18-19(7-12)30-11-29-18/h1-8,10,23H,9,11H2,(H,27,28). The highest BCUT2D eigenvalue weighted by Gasteiger charge is 2.19. The maximum atomic E-state index is 11.5. The number of aromatic nitrogens is 3. The Bertz CT molecular complexity index is 1270. The number of carbonyl (C=O) groups is 1. The van der Waals surface area contributed by atoms with Crippen molar-refractivity contribution >= 4 is 34.6 Å². The first-order valence-corrected chi connectivity index (χ1v) is 10.4. The van der Waals surface area contributed by atoms with Crippen LogP contribution in [-0.4, -0.2) is 32.6 Å². The van der Waals surface area contributed by atoms with E-state index in [0.717, 1.165) is 21.8 Å². The van der Waals surface area contributed by atoms with Gasteiger partial charge in [0.2, 0.25) is 6.79 Å². The van der Waals surface area contributed by atoms with Crippen molar-refractivity contribution in [2.45, 2.75) is 6.54 Å². The number of fused-ring (bicyclic) bond motifs is 1. The van der Waals surface area contributed by atoms with Gasteiger partial charge >= 0.3 is 5.97 Å². The van der Waals surface area contributed by atoms with E-state index in [9.17, 15) is 9.90 Å². The minimum absolute atomic E-state index is 0.0445. The summed E-state index contributed by atoms with van der Waals surface area (Å²) in [4.78, 5) is 16.6. The Kier molecular flexibility index (Phi) is 4.97. The van der Waals surface area contributed by atoms with Crippen molar-refractivity contribution in [3.05, 3.63) is 69.8 Å². The van der Waals surface area contributed by atoms with E-state index in [1.807, 2.05) is 36.4 Å². The summed E-state index contributed by atoms with van der Waals surface area (Å²) in [6.45, 7) is 0.776. The minimum atomic E-state index is -1.10. The van der Waals surface area contributed by atoms with Gasteiger partial charge in [-0.2, -0.15) is 5.10 Å². The molecule has 5 rings (SSSR count). The lowest BCUT2D eigenvalue weighted by molar-refractivity contribution is 0.0690. The number of benzene rings is 2. The van der Waals surface area contributed by atoms with Gasteiger partial charge in [-0.05, 0) is 48.5 Å². The van der Waals surface area contributed by atoms with Crippen LogP contribution in [0, 0.1) is 0 Å². The van der Waals surface area contributed by atoms with Crippen LogP contribution in [0.1, 0.15) is 15.4 Å². The van der Waals surface area contributed by atoms with E-state index < -0.39 is 5.97 Å². The van der Waals surface area contributed by atoms with E-state index in [0.29, 0.717) is 28.2 Å². The van der Waals surface area contributed by atoms with E-state index in [1.165, 1.54) is 11.3 Å². The number of nitrogens with one attached hydrogen (secondary N) is 1. The normalized spacial score (nSPS) is 12.2. The highest BCUT2D eigenvalue weighted by atomic mass is 35.5. The number of hydrogen-bond donors (Lipinski definition) is 2. The molecule has 156 valence electrons. The zero-order valence-corrected chi connectivity index (χ0v) is 17.5. The molecular formula is C21H15ClN4O4S. The van der Waals surface area contributed by atoms with Crippen LogP contribution in [0.3, 0.4) is 0 Å². The number of thiazole rings is 1. The van der Waals surface area contributed by atoms with Crippen LogP contribution in [0.15, 0.2) is 54.7 Å². The van der Waals surface area contributed by atoms with Crippen molar-refractivity contribution in [1.29, 1.82) is 0 Å². The number of ether oxygens (including phenoxy) is 2. The molecule has 2 aromatic carbocycles. The molecule has 31 heavy (non-hydrogen) atoms. The summed E-state index contributed by atoms with van der Waals surface area (Å²) in [5.41, 5.74) is 3.00. The summed E-state index contributed by atoms with van der Waals surface area (Å²) >= 11 is 7.29. The van der Waals surface area contributed by atoms with E-state index in [-0.39, 0.29) is 12.5 Å². The van der Waals surface area contributed by atoms with E-state index in [1.54, 1.807) is 23.0 Å². The fraction of sp³-hybridized carbons (Fsp3) is 0.0952. The molecule has 8 nitrogen and oxygen atoms in total. The molecule has 2 aromatic heterocycles. The quantitative estimate of drug-likeness (QED) is 0.436. The molecule has 0 saturated heterocycles. The Labute approximate surface area is 185 Å². The number of carboxylic acids is 1. The summed E-state index contributed by atoms with van der Waals surface area (Å²) in [5.74, 6) is 0.179. The molecule has 4 aromatic rings. The third-order valence-electron chi connectivity index (χ3n) is 4.70. The van der Waals surface area contributed by atoms with Crippen LogP contribution in [0.2, 0.25) is 4.47 Å². The predicted molar refractivity (Wildman–Crippen MR) is 117 cm³/mol. The lowest BCUT2D eigenvalue weighted by Crippen LogP contribution is -2.03. The van der Waals surface area contributed by atoms with Gasteiger partial charge in [0.1, 0.15) is 0 Å². The highest BCUT2D eigenvalue weighted by Crippen LogP contribution is 2.36.